The van der Waals surface area contributed by atoms with E-state index in [0.717, 1.165) is 4.73 Å². The molecule has 0 atom stereocenters. The fraction of sp³-hybridized carbons (Fsp3) is 0. The molecule has 0 saturated carbocycles. The molecule has 0 aromatic heterocycles. The van der Waals surface area contributed by atoms with Gasteiger partial charge in [-0.25, -0.2) is 0 Å². The molecule has 0 unspecified atom stereocenters. The van der Waals surface area contributed by atoms with Crippen LogP contribution in [0.3, 0.4) is 0 Å². The number of hydrogen-bond acceptors (Lipinski definition) is 3. The molecule has 0 bridgehead atoms. The van der Waals surface area contributed by atoms with Crippen LogP contribution < -0.4 is 5.43 Å². The molecule has 0 amide bonds. The van der Waals surface area contributed by atoms with Crippen molar-refractivity contribution in [1.29, 1.82) is 0 Å². The van der Waals surface area contributed by atoms with Gasteiger partial charge in [0.2, 0.25) is 0 Å². The van der Waals surface area contributed by atoms with Gasteiger partial charge in [0.25, 0.3) is 0 Å². The van der Waals surface area contributed by atoms with Gasteiger partial charge in [0, 0.05) is 12.3 Å². The molecule has 0 aromatic rings. The third kappa shape index (κ3) is 0.934. The van der Waals surface area contributed by atoms with Crippen LogP contribution in [0, 0.1) is 0 Å². The zero-order valence-corrected chi connectivity index (χ0v) is 6.14. The SMILES string of the molecule is O=c1cnc2cccn(O)c-2c1. The Balaban J connectivity index is 2.87. The van der Waals surface area contributed by atoms with E-state index in [1.807, 2.05) is 0 Å². The first kappa shape index (κ1) is 6.84. The van der Waals surface area contributed by atoms with Gasteiger partial charge in [-0.2, -0.15) is 4.73 Å². The van der Waals surface area contributed by atoms with Gasteiger partial charge in [-0.05, 0) is 12.1 Å². The monoisotopic (exact) mass is 162 g/mol. The summed E-state index contributed by atoms with van der Waals surface area (Å²) < 4.78 is 0.879. The summed E-state index contributed by atoms with van der Waals surface area (Å²) in [7, 11) is 0. The Morgan fingerprint density at radius 3 is 3.17 bits per heavy atom. The van der Waals surface area contributed by atoms with Crippen molar-refractivity contribution >= 4 is 0 Å². The predicted octanol–water partition coefficient (Wildman–Crippen LogP) is 0.585. The molecular formula is C8H6N2O2. The highest BCUT2D eigenvalue weighted by Crippen LogP contribution is 2.13. The third-order valence-corrected chi connectivity index (χ3v) is 1.60. The van der Waals surface area contributed by atoms with Gasteiger partial charge in [-0.3, -0.25) is 9.78 Å². The Bertz CT molecular complexity index is 436. The van der Waals surface area contributed by atoms with E-state index in [1.54, 1.807) is 12.1 Å². The second-order valence-electron chi connectivity index (χ2n) is 2.43. The minimum atomic E-state index is -0.212. The summed E-state index contributed by atoms with van der Waals surface area (Å²) in [4.78, 5) is 14.7. The van der Waals surface area contributed by atoms with Gasteiger partial charge in [0.05, 0.1) is 11.9 Å². The van der Waals surface area contributed by atoms with Crippen molar-refractivity contribution in [2.24, 2.45) is 0 Å². The molecule has 4 heteroatoms. The Morgan fingerprint density at radius 1 is 1.50 bits per heavy atom. The summed E-state index contributed by atoms with van der Waals surface area (Å²) in [6, 6.07) is 4.71. The van der Waals surface area contributed by atoms with E-state index in [4.69, 9.17) is 0 Å². The number of pyridine rings is 2. The van der Waals surface area contributed by atoms with Gasteiger partial charge in [0.15, 0.2) is 5.43 Å². The minimum Gasteiger partial charge on any atom is -0.428 e. The largest absolute Gasteiger partial charge is 0.428 e. The van der Waals surface area contributed by atoms with Crippen molar-refractivity contribution in [3.63, 3.8) is 0 Å². The quantitative estimate of drug-likeness (QED) is 0.576. The van der Waals surface area contributed by atoms with Crippen molar-refractivity contribution in [3.8, 4) is 11.4 Å². The molecule has 2 aliphatic rings. The topological polar surface area (TPSA) is 55.1 Å². The molecular weight excluding hydrogens is 156 g/mol. The fourth-order valence-electron chi connectivity index (χ4n) is 1.05. The molecule has 0 radical (unpaired) electrons. The van der Waals surface area contributed by atoms with Crippen LogP contribution in [0.5, 0.6) is 0 Å². The molecule has 0 aromatic carbocycles. The zero-order valence-electron chi connectivity index (χ0n) is 6.14. The third-order valence-electron chi connectivity index (χ3n) is 1.60. The highest BCUT2D eigenvalue weighted by atomic mass is 16.5. The summed E-state index contributed by atoms with van der Waals surface area (Å²) in [6.45, 7) is 0. The normalized spacial score (nSPS) is 10.3. The lowest BCUT2D eigenvalue weighted by Crippen LogP contribution is -2.07. The summed E-state index contributed by atoms with van der Waals surface area (Å²) in [5.41, 5.74) is 0.807. The van der Waals surface area contributed by atoms with Crippen LogP contribution in [-0.2, 0) is 0 Å². The highest BCUT2D eigenvalue weighted by molar-refractivity contribution is 5.54. The van der Waals surface area contributed by atoms with E-state index in [9.17, 15) is 10.0 Å². The van der Waals surface area contributed by atoms with Gasteiger partial charge in [-0.15, -0.1) is 0 Å². The van der Waals surface area contributed by atoms with Crippen LogP contribution in [0.2, 0.25) is 0 Å². The molecule has 0 saturated heterocycles. The molecule has 2 aliphatic heterocycles. The fourth-order valence-corrected chi connectivity index (χ4v) is 1.05. The molecule has 4 nitrogen and oxygen atoms in total. The van der Waals surface area contributed by atoms with Crippen molar-refractivity contribution in [3.05, 3.63) is 40.8 Å². The van der Waals surface area contributed by atoms with Crippen LogP contribution in [0.25, 0.3) is 11.4 Å². The first-order chi connectivity index (χ1) is 5.77. The van der Waals surface area contributed by atoms with Crippen molar-refractivity contribution in [1.82, 2.24) is 9.71 Å². The van der Waals surface area contributed by atoms with Gasteiger partial charge in [-0.1, -0.05) is 0 Å². The van der Waals surface area contributed by atoms with Crippen molar-refractivity contribution in [2.75, 3.05) is 0 Å². The second-order valence-corrected chi connectivity index (χ2v) is 2.43. The van der Waals surface area contributed by atoms with E-state index in [1.165, 1.54) is 18.5 Å². The average Bonchev–Trinajstić information content (AvgIpc) is 2.07. The molecule has 2 rings (SSSR count). The Morgan fingerprint density at radius 2 is 2.33 bits per heavy atom. The van der Waals surface area contributed by atoms with Crippen molar-refractivity contribution < 1.29 is 5.21 Å². The minimum absolute atomic E-state index is 0.212. The van der Waals surface area contributed by atoms with Crippen molar-refractivity contribution in [2.45, 2.75) is 0 Å². The molecule has 0 aliphatic carbocycles. The number of fused-ring (bicyclic) bond motifs is 1. The number of aromatic nitrogens is 2. The van der Waals surface area contributed by atoms with Gasteiger partial charge in [0.1, 0.15) is 5.69 Å². The Labute approximate surface area is 68.0 Å². The average molecular weight is 162 g/mol. The predicted molar refractivity (Wildman–Crippen MR) is 42.3 cm³/mol. The highest BCUT2D eigenvalue weighted by Gasteiger charge is 2.05. The molecule has 2 heterocycles. The molecule has 1 N–H and O–H groups in total. The summed E-state index contributed by atoms with van der Waals surface area (Å²) >= 11 is 0. The molecule has 0 spiro atoms. The molecule has 12 heavy (non-hydrogen) atoms. The van der Waals surface area contributed by atoms with E-state index >= 15 is 0 Å². The Hall–Kier alpha value is -1.84. The number of rotatable bonds is 0. The molecule has 60 valence electrons. The second kappa shape index (κ2) is 2.34. The summed E-state index contributed by atoms with van der Waals surface area (Å²) in [5, 5.41) is 9.23. The lowest BCUT2D eigenvalue weighted by Gasteiger charge is -2.06. The van der Waals surface area contributed by atoms with Gasteiger partial charge >= 0.3 is 0 Å². The smallest absolute Gasteiger partial charge is 0.199 e. The molecule has 0 fully saturated rings. The van der Waals surface area contributed by atoms with Crippen LogP contribution in [0.1, 0.15) is 0 Å². The van der Waals surface area contributed by atoms with Gasteiger partial charge < -0.3 is 5.21 Å². The summed E-state index contributed by atoms with van der Waals surface area (Å²) in [6.07, 6.45) is 2.67. The van der Waals surface area contributed by atoms with E-state index < -0.39 is 0 Å². The zero-order chi connectivity index (χ0) is 8.55. The van der Waals surface area contributed by atoms with Crippen LogP contribution in [0.4, 0.5) is 0 Å². The maximum Gasteiger partial charge on any atom is 0.199 e. The van der Waals surface area contributed by atoms with Crippen LogP contribution in [0.15, 0.2) is 35.4 Å². The first-order valence-electron chi connectivity index (χ1n) is 3.44. The lowest BCUT2D eigenvalue weighted by molar-refractivity contribution is 0.189. The maximum atomic E-state index is 10.8. The van der Waals surface area contributed by atoms with Crippen LogP contribution >= 0.6 is 0 Å². The van der Waals surface area contributed by atoms with E-state index in [-0.39, 0.29) is 5.43 Å². The van der Waals surface area contributed by atoms with E-state index in [0.29, 0.717) is 11.4 Å². The lowest BCUT2D eigenvalue weighted by atomic mass is 10.2. The maximum absolute atomic E-state index is 10.8. The standard InChI is InChI=1S/C8H6N2O2/c11-6-4-8-7(9-5-6)2-1-3-10(8)12/h1-5,12H. The van der Waals surface area contributed by atoms with E-state index in [2.05, 4.69) is 4.98 Å². The number of nitrogens with zero attached hydrogens (tertiary/aromatic N) is 2. The summed E-state index contributed by atoms with van der Waals surface area (Å²) in [5.74, 6) is 0. The first-order valence-corrected chi connectivity index (χ1v) is 3.44. The Kier molecular flexibility index (Phi) is 1.33. The number of hydrogen-bond donors (Lipinski definition) is 1. The van der Waals surface area contributed by atoms with Crippen LogP contribution in [-0.4, -0.2) is 14.9 Å².